The third-order valence-electron chi connectivity index (χ3n) is 3.42. The largest absolute Gasteiger partial charge is 0.489 e. The minimum absolute atomic E-state index is 0.0186. The molecular weight excluding hydrogens is 290 g/mol. The molecule has 0 spiro atoms. The van der Waals surface area contributed by atoms with Gasteiger partial charge < -0.3 is 4.74 Å². The van der Waals surface area contributed by atoms with E-state index in [0.29, 0.717) is 17.9 Å². The summed E-state index contributed by atoms with van der Waals surface area (Å²) in [4.78, 5) is 10.3. The first-order valence-electron chi connectivity index (χ1n) is 6.54. The van der Waals surface area contributed by atoms with Crippen LogP contribution in [-0.4, -0.2) is 4.92 Å². The van der Waals surface area contributed by atoms with Crippen LogP contribution in [0.2, 0.25) is 0 Å². The van der Waals surface area contributed by atoms with Crippen molar-refractivity contribution in [2.24, 2.45) is 0 Å². The lowest BCUT2D eigenvalue weighted by Gasteiger charge is -2.13. The van der Waals surface area contributed by atoms with Gasteiger partial charge in [0.2, 0.25) is 0 Å². The first-order valence-corrected chi connectivity index (χ1v) is 7.07. The zero-order valence-corrected chi connectivity index (χ0v) is 12.7. The number of alkyl halides is 1. The maximum atomic E-state index is 10.8. The van der Waals surface area contributed by atoms with Crippen molar-refractivity contribution in [2.45, 2.75) is 26.3 Å². The molecule has 0 saturated heterocycles. The van der Waals surface area contributed by atoms with Gasteiger partial charge in [-0.15, -0.1) is 11.6 Å². The second-order valence-electron chi connectivity index (χ2n) is 4.84. The molecule has 2 aromatic rings. The molecule has 2 rings (SSSR count). The van der Waals surface area contributed by atoms with Gasteiger partial charge in [0.1, 0.15) is 12.4 Å². The molecule has 5 heteroatoms. The minimum atomic E-state index is -0.439. The summed E-state index contributed by atoms with van der Waals surface area (Å²) in [6.45, 7) is 4.48. The van der Waals surface area contributed by atoms with E-state index < -0.39 is 4.92 Å². The molecule has 21 heavy (non-hydrogen) atoms. The SMILES string of the molecule is Cc1cccc(C)c1COc1ccc([N+](=O)[O-])cc1CCl. The average molecular weight is 306 g/mol. The van der Waals surface area contributed by atoms with E-state index in [9.17, 15) is 10.1 Å². The van der Waals surface area contributed by atoms with E-state index in [0.717, 1.165) is 16.7 Å². The summed E-state index contributed by atoms with van der Waals surface area (Å²) in [5.41, 5.74) is 4.08. The van der Waals surface area contributed by atoms with Gasteiger partial charge in [0.15, 0.2) is 0 Å². The smallest absolute Gasteiger partial charge is 0.270 e. The number of hydrogen-bond acceptors (Lipinski definition) is 3. The summed E-state index contributed by atoms with van der Waals surface area (Å²) in [6.07, 6.45) is 0. The number of ether oxygens (including phenoxy) is 1. The van der Waals surface area contributed by atoms with Crippen molar-refractivity contribution in [3.05, 3.63) is 68.8 Å². The molecular formula is C16H16ClNO3. The van der Waals surface area contributed by atoms with E-state index in [1.165, 1.54) is 12.1 Å². The van der Waals surface area contributed by atoms with Crippen molar-refractivity contribution >= 4 is 17.3 Å². The second-order valence-corrected chi connectivity index (χ2v) is 5.11. The molecule has 0 atom stereocenters. The number of nitrogens with zero attached hydrogens (tertiary/aromatic N) is 1. The van der Waals surface area contributed by atoms with Crippen molar-refractivity contribution < 1.29 is 9.66 Å². The molecule has 0 amide bonds. The summed E-state index contributed by atoms with van der Waals surface area (Å²) < 4.78 is 5.80. The summed E-state index contributed by atoms with van der Waals surface area (Å²) in [5, 5.41) is 10.8. The fourth-order valence-corrected chi connectivity index (χ4v) is 2.36. The molecule has 0 N–H and O–H groups in total. The van der Waals surface area contributed by atoms with Gasteiger partial charge in [0.05, 0.1) is 10.8 Å². The highest BCUT2D eigenvalue weighted by molar-refractivity contribution is 6.17. The number of nitro benzene ring substituents is 1. The Bertz CT molecular complexity index is 650. The number of halogens is 1. The van der Waals surface area contributed by atoms with E-state index in [-0.39, 0.29) is 11.6 Å². The van der Waals surface area contributed by atoms with Crippen molar-refractivity contribution in [1.29, 1.82) is 0 Å². The van der Waals surface area contributed by atoms with Crippen LogP contribution in [0.5, 0.6) is 5.75 Å². The monoisotopic (exact) mass is 305 g/mol. The highest BCUT2D eigenvalue weighted by Crippen LogP contribution is 2.27. The Kier molecular flexibility index (Phi) is 4.81. The van der Waals surface area contributed by atoms with E-state index >= 15 is 0 Å². The molecule has 0 unspecified atom stereocenters. The van der Waals surface area contributed by atoms with Crippen LogP contribution in [0.1, 0.15) is 22.3 Å². The maximum Gasteiger partial charge on any atom is 0.270 e. The lowest BCUT2D eigenvalue weighted by Crippen LogP contribution is -2.02. The van der Waals surface area contributed by atoms with Crippen LogP contribution < -0.4 is 4.74 Å². The van der Waals surface area contributed by atoms with Crippen LogP contribution in [0.3, 0.4) is 0 Å². The quantitative estimate of drug-likeness (QED) is 0.463. The van der Waals surface area contributed by atoms with Gasteiger partial charge in [0, 0.05) is 17.7 Å². The van der Waals surface area contributed by atoms with Crippen LogP contribution in [-0.2, 0) is 12.5 Å². The Morgan fingerprint density at radius 2 is 1.86 bits per heavy atom. The number of rotatable bonds is 5. The van der Waals surface area contributed by atoms with Crippen LogP contribution in [0.4, 0.5) is 5.69 Å². The number of nitro groups is 1. The van der Waals surface area contributed by atoms with Gasteiger partial charge in [-0.05, 0) is 36.6 Å². The molecule has 0 heterocycles. The summed E-state index contributed by atoms with van der Waals surface area (Å²) in [7, 11) is 0. The Morgan fingerprint density at radius 1 is 1.19 bits per heavy atom. The summed E-state index contributed by atoms with van der Waals surface area (Å²) in [5.74, 6) is 0.752. The topological polar surface area (TPSA) is 52.4 Å². The Balaban J connectivity index is 2.22. The van der Waals surface area contributed by atoms with E-state index in [1.54, 1.807) is 6.07 Å². The molecule has 0 aliphatic heterocycles. The van der Waals surface area contributed by atoms with Crippen molar-refractivity contribution in [2.75, 3.05) is 0 Å². The Morgan fingerprint density at radius 3 is 2.43 bits per heavy atom. The molecule has 0 radical (unpaired) electrons. The Hall–Kier alpha value is -2.07. The zero-order valence-electron chi connectivity index (χ0n) is 11.9. The van der Waals surface area contributed by atoms with Gasteiger partial charge in [-0.2, -0.15) is 0 Å². The standard InChI is InChI=1S/C16H16ClNO3/c1-11-4-3-5-12(2)15(11)10-21-16-7-6-14(18(19)20)8-13(16)9-17/h3-8H,9-10H2,1-2H3. The molecule has 2 aromatic carbocycles. The van der Waals surface area contributed by atoms with Crippen molar-refractivity contribution in [3.63, 3.8) is 0 Å². The van der Waals surface area contributed by atoms with E-state index in [2.05, 4.69) is 0 Å². The number of non-ortho nitro benzene ring substituents is 1. The molecule has 0 fully saturated rings. The van der Waals surface area contributed by atoms with Gasteiger partial charge >= 0.3 is 0 Å². The summed E-state index contributed by atoms with van der Waals surface area (Å²) in [6, 6.07) is 10.5. The highest BCUT2D eigenvalue weighted by Gasteiger charge is 2.12. The molecule has 0 saturated carbocycles. The number of aryl methyl sites for hydroxylation is 2. The second kappa shape index (κ2) is 6.59. The number of hydrogen-bond donors (Lipinski definition) is 0. The average Bonchev–Trinajstić information content (AvgIpc) is 2.46. The third kappa shape index (κ3) is 3.52. The highest BCUT2D eigenvalue weighted by atomic mass is 35.5. The molecule has 0 aliphatic rings. The van der Waals surface area contributed by atoms with Gasteiger partial charge in [0.25, 0.3) is 5.69 Å². The van der Waals surface area contributed by atoms with Crippen LogP contribution in [0.25, 0.3) is 0 Å². The van der Waals surface area contributed by atoms with Crippen LogP contribution >= 0.6 is 11.6 Å². The van der Waals surface area contributed by atoms with E-state index in [4.69, 9.17) is 16.3 Å². The van der Waals surface area contributed by atoms with Crippen LogP contribution in [0, 0.1) is 24.0 Å². The predicted molar refractivity (Wildman–Crippen MR) is 82.9 cm³/mol. The maximum absolute atomic E-state index is 10.8. The summed E-state index contributed by atoms with van der Waals surface area (Å²) >= 11 is 5.85. The number of benzene rings is 2. The van der Waals surface area contributed by atoms with Crippen molar-refractivity contribution in [1.82, 2.24) is 0 Å². The Labute approximate surface area is 128 Å². The van der Waals surface area contributed by atoms with Gasteiger partial charge in [-0.1, -0.05) is 18.2 Å². The zero-order chi connectivity index (χ0) is 15.4. The van der Waals surface area contributed by atoms with Gasteiger partial charge in [-0.3, -0.25) is 10.1 Å². The van der Waals surface area contributed by atoms with Gasteiger partial charge in [-0.25, -0.2) is 0 Å². The molecule has 110 valence electrons. The van der Waals surface area contributed by atoms with Crippen molar-refractivity contribution in [3.8, 4) is 5.75 Å². The first kappa shape index (κ1) is 15.3. The third-order valence-corrected chi connectivity index (χ3v) is 3.70. The fourth-order valence-electron chi connectivity index (χ4n) is 2.15. The normalized spacial score (nSPS) is 10.4. The lowest BCUT2D eigenvalue weighted by molar-refractivity contribution is -0.384. The minimum Gasteiger partial charge on any atom is -0.489 e. The molecule has 0 aromatic heterocycles. The fraction of sp³-hybridized carbons (Fsp3) is 0.250. The predicted octanol–water partition coefficient (Wildman–Crippen LogP) is 4.53. The molecule has 0 aliphatic carbocycles. The lowest BCUT2D eigenvalue weighted by atomic mass is 10.0. The van der Waals surface area contributed by atoms with Crippen LogP contribution in [0.15, 0.2) is 36.4 Å². The molecule has 4 nitrogen and oxygen atoms in total. The first-order chi connectivity index (χ1) is 10.0. The van der Waals surface area contributed by atoms with E-state index in [1.807, 2.05) is 32.0 Å². The molecule has 0 bridgehead atoms.